The van der Waals surface area contributed by atoms with E-state index in [9.17, 15) is 9.59 Å². The predicted molar refractivity (Wildman–Crippen MR) is 90.5 cm³/mol. The van der Waals surface area contributed by atoms with E-state index in [1.54, 1.807) is 13.8 Å². The third kappa shape index (κ3) is 4.57. The Morgan fingerprint density at radius 3 is 2.65 bits per heavy atom. The molecule has 6 nitrogen and oxygen atoms in total. The van der Waals surface area contributed by atoms with Crippen molar-refractivity contribution in [2.45, 2.75) is 45.6 Å². The van der Waals surface area contributed by atoms with E-state index < -0.39 is 0 Å². The number of amides is 1. The monoisotopic (exact) mass is 338 g/mol. The third-order valence-corrected chi connectivity index (χ3v) is 4.31. The molecule has 4 N–H and O–H groups in total. The summed E-state index contributed by atoms with van der Waals surface area (Å²) in [5, 5.41) is 12.0. The van der Waals surface area contributed by atoms with E-state index in [1.807, 2.05) is 6.07 Å². The molecule has 1 heterocycles. The van der Waals surface area contributed by atoms with Gasteiger partial charge in [-0.3, -0.25) is 9.59 Å². The number of H-pyrrole nitrogens is 1. The number of nitriles is 1. The number of aromatic nitrogens is 1. The van der Waals surface area contributed by atoms with E-state index in [2.05, 4.69) is 10.3 Å². The van der Waals surface area contributed by atoms with Crippen LogP contribution in [0.2, 0.25) is 0 Å². The number of hydrogen-bond acceptors (Lipinski definition) is 4. The van der Waals surface area contributed by atoms with E-state index in [1.165, 1.54) is 0 Å². The predicted octanol–water partition coefficient (Wildman–Crippen LogP) is 1.07. The number of pyridine rings is 1. The minimum atomic E-state index is -0.373. The highest BCUT2D eigenvalue weighted by Gasteiger charge is 2.31. The number of aryl methyl sites for hydroxylation is 1. The average molecular weight is 339 g/mol. The molecule has 1 amide bonds. The number of halogens is 1. The van der Waals surface area contributed by atoms with Crippen LogP contribution in [0.5, 0.6) is 0 Å². The van der Waals surface area contributed by atoms with Gasteiger partial charge in [0.05, 0.1) is 0 Å². The molecule has 1 saturated carbocycles. The minimum Gasteiger partial charge on any atom is -0.352 e. The first-order valence-electron chi connectivity index (χ1n) is 7.59. The molecule has 1 aliphatic carbocycles. The smallest absolute Gasteiger partial charge is 0.266 e. The van der Waals surface area contributed by atoms with Gasteiger partial charge in [0.15, 0.2) is 0 Å². The van der Waals surface area contributed by atoms with Crippen molar-refractivity contribution in [1.29, 1.82) is 5.26 Å². The van der Waals surface area contributed by atoms with Crippen LogP contribution in [0.4, 0.5) is 0 Å². The summed E-state index contributed by atoms with van der Waals surface area (Å²) in [4.78, 5) is 26.4. The van der Waals surface area contributed by atoms with Crippen molar-refractivity contribution in [2.75, 3.05) is 6.54 Å². The maximum atomic E-state index is 12.1. The average Bonchev–Trinajstić information content (AvgIpc) is 3.29. The molecule has 7 heteroatoms. The van der Waals surface area contributed by atoms with E-state index >= 15 is 0 Å². The van der Waals surface area contributed by atoms with Crippen LogP contribution in [-0.2, 0) is 11.2 Å². The van der Waals surface area contributed by atoms with Crippen molar-refractivity contribution in [3.63, 3.8) is 0 Å². The van der Waals surface area contributed by atoms with Gasteiger partial charge in [0, 0.05) is 24.7 Å². The molecule has 0 saturated heterocycles. The maximum absolute atomic E-state index is 12.1. The molecular weight excluding hydrogens is 316 g/mol. The summed E-state index contributed by atoms with van der Waals surface area (Å²) in [7, 11) is 0. The van der Waals surface area contributed by atoms with Gasteiger partial charge < -0.3 is 16.0 Å². The number of nitrogens with zero attached hydrogens (tertiary/aromatic N) is 1. The number of carbonyl (C=O) groups excluding carboxylic acids is 1. The second-order valence-corrected chi connectivity index (χ2v) is 5.92. The molecule has 1 aromatic heterocycles. The van der Waals surface area contributed by atoms with E-state index in [4.69, 9.17) is 11.0 Å². The lowest BCUT2D eigenvalue weighted by atomic mass is 9.99. The molecule has 0 aromatic carbocycles. The molecule has 0 radical (unpaired) electrons. The van der Waals surface area contributed by atoms with Gasteiger partial charge in [0.25, 0.3) is 5.56 Å². The zero-order valence-corrected chi connectivity index (χ0v) is 14.3. The number of nitrogens with two attached hydrogens (primary N) is 1. The Morgan fingerprint density at radius 2 is 2.13 bits per heavy atom. The number of carbonyl (C=O) groups is 1. The van der Waals surface area contributed by atoms with Crippen molar-refractivity contribution in [3.05, 3.63) is 32.7 Å². The third-order valence-electron chi connectivity index (χ3n) is 4.31. The highest BCUT2D eigenvalue weighted by atomic mass is 35.5. The zero-order valence-electron chi connectivity index (χ0n) is 13.4. The number of rotatable bonds is 6. The molecule has 0 spiro atoms. The Bertz CT molecular complexity index is 674. The molecule has 23 heavy (non-hydrogen) atoms. The SMILES string of the molecule is Cc1[nH]c(=O)c(C#N)c(C)c1CCC(=O)NC(CN)C1CC1.Cl. The van der Waals surface area contributed by atoms with Gasteiger partial charge in [-0.1, -0.05) is 0 Å². The van der Waals surface area contributed by atoms with Crippen molar-refractivity contribution in [3.8, 4) is 6.07 Å². The Morgan fingerprint density at radius 1 is 1.48 bits per heavy atom. The zero-order chi connectivity index (χ0) is 16.3. The lowest BCUT2D eigenvalue weighted by molar-refractivity contribution is -0.121. The molecule has 1 atom stereocenters. The van der Waals surface area contributed by atoms with Gasteiger partial charge in [-0.25, -0.2) is 0 Å². The molecule has 1 aliphatic rings. The Labute approximate surface area is 141 Å². The van der Waals surface area contributed by atoms with E-state index in [0.29, 0.717) is 36.6 Å². The first-order valence-corrected chi connectivity index (χ1v) is 7.59. The van der Waals surface area contributed by atoms with Gasteiger partial charge >= 0.3 is 0 Å². The largest absolute Gasteiger partial charge is 0.352 e. The van der Waals surface area contributed by atoms with Crippen LogP contribution in [0.25, 0.3) is 0 Å². The highest BCUT2D eigenvalue weighted by molar-refractivity contribution is 5.85. The summed E-state index contributed by atoms with van der Waals surface area (Å²) in [6, 6.07) is 1.99. The molecule has 1 fully saturated rings. The normalized spacial score (nSPS) is 14.5. The van der Waals surface area contributed by atoms with Gasteiger partial charge in [0.2, 0.25) is 5.91 Å². The summed E-state index contributed by atoms with van der Waals surface area (Å²) in [6.45, 7) is 4.00. The summed E-state index contributed by atoms with van der Waals surface area (Å²) in [5.41, 5.74) is 7.67. The fourth-order valence-electron chi connectivity index (χ4n) is 2.81. The van der Waals surface area contributed by atoms with Crippen molar-refractivity contribution < 1.29 is 4.79 Å². The van der Waals surface area contributed by atoms with Gasteiger partial charge in [0.1, 0.15) is 11.6 Å². The first-order chi connectivity index (χ1) is 10.5. The Hall–Kier alpha value is -1.84. The highest BCUT2D eigenvalue weighted by Crippen LogP contribution is 2.32. The molecule has 1 aromatic rings. The van der Waals surface area contributed by atoms with Crippen LogP contribution in [-0.4, -0.2) is 23.5 Å². The lowest BCUT2D eigenvalue weighted by Gasteiger charge is -2.16. The van der Waals surface area contributed by atoms with Crippen LogP contribution in [0.1, 0.15) is 41.6 Å². The molecule has 2 rings (SSSR count). The van der Waals surface area contributed by atoms with E-state index in [-0.39, 0.29) is 35.5 Å². The van der Waals surface area contributed by atoms with Crippen molar-refractivity contribution >= 4 is 18.3 Å². The molecular formula is C16H23ClN4O2. The molecule has 0 aliphatic heterocycles. The maximum Gasteiger partial charge on any atom is 0.266 e. The van der Waals surface area contributed by atoms with Crippen LogP contribution < -0.4 is 16.6 Å². The Balaban J connectivity index is 0.00000264. The lowest BCUT2D eigenvalue weighted by Crippen LogP contribution is -2.41. The van der Waals surface area contributed by atoms with E-state index in [0.717, 1.165) is 18.4 Å². The summed E-state index contributed by atoms with van der Waals surface area (Å²) < 4.78 is 0. The fourth-order valence-corrected chi connectivity index (χ4v) is 2.81. The minimum absolute atomic E-state index is 0. The summed E-state index contributed by atoms with van der Waals surface area (Å²) in [6.07, 6.45) is 3.08. The number of aromatic amines is 1. The molecule has 0 bridgehead atoms. The fraction of sp³-hybridized carbons (Fsp3) is 0.562. The van der Waals surface area contributed by atoms with Crippen LogP contribution in [0.15, 0.2) is 4.79 Å². The topological polar surface area (TPSA) is 112 Å². The first kappa shape index (κ1) is 19.2. The van der Waals surface area contributed by atoms with Gasteiger partial charge in [-0.15, -0.1) is 12.4 Å². The second kappa shape index (κ2) is 8.14. The number of hydrogen-bond donors (Lipinski definition) is 3. The Kier molecular flexibility index (Phi) is 6.79. The van der Waals surface area contributed by atoms with Crippen LogP contribution >= 0.6 is 12.4 Å². The summed E-state index contributed by atoms with van der Waals surface area (Å²) >= 11 is 0. The van der Waals surface area contributed by atoms with Gasteiger partial charge in [-0.05, 0) is 50.2 Å². The van der Waals surface area contributed by atoms with Crippen molar-refractivity contribution in [2.24, 2.45) is 11.7 Å². The number of nitrogens with one attached hydrogen (secondary N) is 2. The van der Waals surface area contributed by atoms with Crippen molar-refractivity contribution in [1.82, 2.24) is 10.3 Å². The quantitative estimate of drug-likeness (QED) is 0.720. The second-order valence-electron chi connectivity index (χ2n) is 5.92. The van der Waals surface area contributed by atoms with Gasteiger partial charge in [-0.2, -0.15) is 5.26 Å². The molecule has 1 unspecified atom stereocenters. The standard InChI is InChI=1S/C16H22N4O2.ClH/c1-9-12(10(2)19-16(22)13(9)7-17)5-6-15(21)20-14(8-18)11-3-4-11;/h11,14H,3-6,8,18H2,1-2H3,(H,19,22)(H,20,21);1H. The molecule has 126 valence electrons. The van der Waals surface area contributed by atoms with Crippen LogP contribution in [0, 0.1) is 31.1 Å². The van der Waals surface area contributed by atoms with Crippen LogP contribution in [0.3, 0.4) is 0 Å². The summed E-state index contributed by atoms with van der Waals surface area (Å²) in [5.74, 6) is 0.488.